The number of amides is 2. The molecule has 1 atom stereocenters. The van der Waals surface area contributed by atoms with E-state index in [-0.39, 0.29) is 19.4 Å². The first-order valence-electron chi connectivity index (χ1n) is 4.38. The fourth-order valence-corrected chi connectivity index (χ4v) is 0.905. The molecule has 0 rings (SSSR count). The first kappa shape index (κ1) is 13.9. The molecule has 0 aromatic rings. The van der Waals surface area contributed by atoms with Crippen molar-refractivity contribution in [2.45, 2.75) is 18.9 Å². The zero-order valence-electron chi connectivity index (χ0n) is 8.30. The summed E-state index contributed by atoms with van der Waals surface area (Å²) in [6.07, 6.45) is -0.275. The molecule has 0 spiro atoms. The Morgan fingerprint density at radius 1 is 1.25 bits per heavy atom. The van der Waals surface area contributed by atoms with E-state index in [0.717, 1.165) is 0 Å². The summed E-state index contributed by atoms with van der Waals surface area (Å²) in [6.45, 7) is -0.347. The molecule has 8 heteroatoms. The minimum Gasteiger partial charge on any atom is -0.481 e. The number of hydrogen-bond acceptors (Lipinski definition) is 4. The lowest BCUT2D eigenvalue weighted by Crippen LogP contribution is -2.44. The van der Waals surface area contributed by atoms with E-state index in [2.05, 4.69) is 10.6 Å². The maximum absolute atomic E-state index is 11.0. The molecule has 0 aromatic carbocycles. The predicted molar refractivity (Wildman–Crippen MR) is 50.5 cm³/mol. The highest BCUT2D eigenvalue weighted by Gasteiger charge is 2.20. The predicted octanol–water partition coefficient (Wildman–Crippen LogP) is -1.83. The Bertz CT molecular complexity index is 290. The van der Waals surface area contributed by atoms with Crippen LogP contribution in [0.25, 0.3) is 0 Å². The second-order valence-corrected chi connectivity index (χ2v) is 2.89. The van der Waals surface area contributed by atoms with Gasteiger partial charge in [0.2, 0.25) is 12.3 Å². The van der Waals surface area contributed by atoms with Crippen molar-refractivity contribution in [3.8, 4) is 0 Å². The van der Waals surface area contributed by atoms with Crippen LogP contribution in [0.2, 0.25) is 0 Å². The van der Waals surface area contributed by atoms with Crippen LogP contribution in [-0.2, 0) is 19.2 Å². The third-order valence-corrected chi connectivity index (χ3v) is 1.63. The molecule has 0 fully saturated rings. The van der Waals surface area contributed by atoms with Crippen LogP contribution in [0.3, 0.4) is 0 Å². The Hall–Kier alpha value is -2.12. The van der Waals surface area contributed by atoms with Gasteiger partial charge in [-0.05, 0) is 6.42 Å². The molecule has 2 amide bonds. The number of nitrogens with one attached hydrogen (secondary N) is 2. The minimum atomic E-state index is -1.32. The van der Waals surface area contributed by atoms with Gasteiger partial charge in [0.15, 0.2) is 0 Å². The molecule has 0 saturated heterocycles. The zero-order valence-corrected chi connectivity index (χ0v) is 8.30. The van der Waals surface area contributed by atoms with Gasteiger partial charge in [-0.2, -0.15) is 0 Å². The van der Waals surface area contributed by atoms with Gasteiger partial charge in [0.1, 0.15) is 6.04 Å². The van der Waals surface area contributed by atoms with Crippen LogP contribution in [0.15, 0.2) is 0 Å². The molecule has 90 valence electrons. The Balaban J connectivity index is 4.11. The van der Waals surface area contributed by atoms with Crippen LogP contribution in [0.4, 0.5) is 0 Å². The van der Waals surface area contributed by atoms with E-state index < -0.39 is 23.9 Å². The summed E-state index contributed by atoms with van der Waals surface area (Å²) in [4.78, 5) is 41.7. The Labute approximate surface area is 90.6 Å². The van der Waals surface area contributed by atoms with Crippen LogP contribution in [0, 0.1) is 0 Å². The van der Waals surface area contributed by atoms with Crippen molar-refractivity contribution < 1.29 is 29.4 Å². The van der Waals surface area contributed by atoms with E-state index >= 15 is 0 Å². The second-order valence-electron chi connectivity index (χ2n) is 2.89. The van der Waals surface area contributed by atoms with Crippen LogP contribution < -0.4 is 10.6 Å². The van der Waals surface area contributed by atoms with Crippen LogP contribution >= 0.6 is 0 Å². The van der Waals surface area contributed by atoms with Gasteiger partial charge in [-0.25, -0.2) is 4.79 Å². The van der Waals surface area contributed by atoms with Gasteiger partial charge in [-0.3, -0.25) is 14.4 Å². The zero-order chi connectivity index (χ0) is 12.6. The third-order valence-electron chi connectivity index (χ3n) is 1.63. The summed E-state index contributed by atoms with van der Waals surface area (Å²) < 4.78 is 0. The van der Waals surface area contributed by atoms with Gasteiger partial charge in [0.25, 0.3) is 0 Å². The molecule has 0 aliphatic rings. The molecule has 0 radical (unpaired) electrons. The average Bonchev–Trinajstić information content (AvgIpc) is 2.20. The van der Waals surface area contributed by atoms with Crippen LogP contribution in [0.1, 0.15) is 12.8 Å². The summed E-state index contributed by atoms with van der Waals surface area (Å²) in [5, 5.41) is 21.2. The highest BCUT2D eigenvalue weighted by molar-refractivity contribution is 5.85. The first-order valence-corrected chi connectivity index (χ1v) is 4.38. The first-order chi connectivity index (χ1) is 7.47. The normalized spacial score (nSPS) is 11.2. The molecule has 4 N–H and O–H groups in total. The molecule has 0 bridgehead atoms. The van der Waals surface area contributed by atoms with Crippen LogP contribution in [-0.4, -0.2) is 47.1 Å². The number of carbonyl (C=O) groups is 4. The maximum atomic E-state index is 11.0. The van der Waals surface area contributed by atoms with Crippen molar-refractivity contribution in [1.82, 2.24) is 10.6 Å². The summed E-state index contributed by atoms with van der Waals surface area (Å²) >= 11 is 0. The quantitative estimate of drug-likeness (QED) is 0.364. The fraction of sp³-hybridized carbons (Fsp3) is 0.500. The lowest BCUT2D eigenvalue weighted by Gasteiger charge is -2.12. The van der Waals surface area contributed by atoms with Gasteiger partial charge >= 0.3 is 11.9 Å². The highest BCUT2D eigenvalue weighted by Crippen LogP contribution is 1.97. The lowest BCUT2D eigenvalue weighted by atomic mass is 10.1. The molecule has 0 aliphatic carbocycles. The number of rotatable bonds is 8. The maximum Gasteiger partial charge on any atom is 0.326 e. The number of carboxylic acid groups (broad SMARTS) is 2. The second kappa shape index (κ2) is 7.21. The van der Waals surface area contributed by atoms with Gasteiger partial charge in [-0.15, -0.1) is 0 Å². The van der Waals surface area contributed by atoms with E-state index in [1.807, 2.05) is 0 Å². The van der Waals surface area contributed by atoms with Crippen molar-refractivity contribution in [2.75, 3.05) is 6.54 Å². The van der Waals surface area contributed by atoms with E-state index in [1.165, 1.54) is 0 Å². The highest BCUT2D eigenvalue weighted by atomic mass is 16.4. The fourth-order valence-electron chi connectivity index (χ4n) is 0.905. The van der Waals surface area contributed by atoms with Gasteiger partial charge in [-0.1, -0.05) is 0 Å². The van der Waals surface area contributed by atoms with Crippen molar-refractivity contribution in [2.24, 2.45) is 0 Å². The summed E-state index contributed by atoms with van der Waals surface area (Å²) in [7, 11) is 0. The molecule has 0 unspecified atom stereocenters. The van der Waals surface area contributed by atoms with Crippen LogP contribution in [0.5, 0.6) is 0 Å². The van der Waals surface area contributed by atoms with E-state index in [9.17, 15) is 19.2 Å². The van der Waals surface area contributed by atoms with E-state index in [1.54, 1.807) is 0 Å². The van der Waals surface area contributed by atoms with Gasteiger partial charge < -0.3 is 20.8 Å². The van der Waals surface area contributed by atoms with Gasteiger partial charge in [0.05, 0.1) is 6.54 Å². The largest absolute Gasteiger partial charge is 0.481 e. The number of hydrogen-bond donors (Lipinski definition) is 4. The molecular weight excluding hydrogens is 220 g/mol. The van der Waals surface area contributed by atoms with Crippen molar-refractivity contribution in [3.05, 3.63) is 0 Å². The lowest BCUT2D eigenvalue weighted by molar-refractivity contribution is -0.142. The smallest absolute Gasteiger partial charge is 0.326 e. The van der Waals surface area contributed by atoms with E-state index in [4.69, 9.17) is 10.2 Å². The summed E-state index contributed by atoms with van der Waals surface area (Å²) in [5.41, 5.74) is 0. The van der Waals surface area contributed by atoms with Crippen molar-refractivity contribution in [3.63, 3.8) is 0 Å². The number of carboxylic acids is 2. The molecule has 16 heavy (non-hydrogen) atoms. The van der Waals surface area contributed by atoms with Crippen molar-refractivity contribution >= 4 is 24.3 Å². The molecule has 0 aromatic heterocycles. The molecule has 0 heterocycles. The molecular formula is C8H12N2O6. The standard InChI is InChI=1S/C8H12N2O6/c11-4-9-3-6(12)10-5(8(15)16)1-2-7(13)14/h4-5H,1-3H2,(H,9,11)(H,10,12)(H,13,14)(H,15,16)/t5-/m1/s1. The summed E-state index contributed by atoms with van der Waals surface area (Å²) in [6, 6.07) is -1.27. The summed E-state index contributed by atoms with van der Waals surface area (Å²) in [5.74, 6) is -3.16. The molecule has 8 nitrogen and oxygen atoms in total. The number of carbonyl (C=O) groups excluding carboxylic acids is 2. The monoisotopic (exact) mass is 232 g/mol. The Kier molecular flexibility index (Phi) is 6.25. The topological polar surface area (TPSA) is 133 Å². The molecule has 0 aliphatic heterocycles. The SMILES string of the molecule is O=CNCC(=O)N[C@H](CCC(=O)O)C(=O)O. The molecule has 0 saturated carbocycles. The minimum absolute atomic E-state index is 0.211. The third kappa shape index (κ3) is 6.35. The van der Waals surface area contributed by atoms with Gasteiger partial charge in [0, 0.05) is 6.42 Å². The Morgan fingerprint density at radius 3 is 2.31 bits per heavy atom. The van der Waals surface area contributed by atoms with Crippen molar-refractivity contribution in [1.29, 1.82) is 0 Å². The Morgan fingerprint density at radius 2 is 1.88 bits per heavy atom. The number of aliphatic carboxylic acids is 2. The van der Waals surface area contributed by atoms with E-state index in [0.29, 0.717) is 6.41 Å². The average molecular weight is 232 g/mol.